The van der Waals surface area contributed by atoms with Gasteiger partial charge in [0.2, 0.25) is 0 Å². The van der Waals surface area contributed by atoms with Crippen molar-refractivity contribution in [3.05, 3.63) is 54.0 Å². The third-order valence-electron chi connectivity index (χ3n) is 3.30. The minimum Gasteiger partial charge on any atom is -0.486 e. The van der Waals surface area contributed by atoms with E-state index in [0.29, 0.717) is 13.2 Å². The van der Waals surface area contributed by atoms with Crippen molar-refractivity contribution in [2.75, 3.05) is 26.8 Å². The Balaban J connectivity index is 1.56. The van der Waals surface area contributed by atoms with E-state index in [2.05, 4.69) is 30.2 Å². The van der Waals surface area contributed by atoms with Crippen LogP contribution in [0.1, 0.15) is 11.3 Å². The molecule has 3 rings (SSSR count). The molecule has 21 heavy (non-hydrogen) atoms. The number of hydrogen-bond acceptors (Lipinski definition) is 4. The van der Waals surface area contributed by atoms with E-state index in [4.69, 9.17) is 13.9 Å². The molecule has 0 spiro atoms. The Bertz CT molecular complexity index is 605. The van der Waals surface area contributed by atoms with E-state index >= 15 is 0 Å². The molecule has 0 N–H and O–H groups in total. The molecule has 0 radical (unpaired) electrons. The number of furan rings is 1. The monoisotopic (exact) mass is 285 g/mol. The van der Waals surface area contributed by atoms with E-state index in [1.54, 1.807) is 6.26 Å². The van der Waals surface area contributed by atoms with Crippen LogP contribution in [-0.2, 0) is 6.54 Å². The molecular weight excluding hydrogens is 266 g/mol. The molecule has 110 valence electrons. The summed E-state index contributed by atoms with van der Waals surface area (Å²) in [5.41, 5.74) is 1.22. The molecule has 0 bridgehead atoms. The van der Waals surface area contributed by atoms with Gasteiger partial charge in [0.15, 0.2) is 11.5 Å². The van der Waals surface area contributed by atoms with Crippen LogP contribution in [0.2, 0.25) is 0 Å². The average Bonchev–Trinajstić information content (AvgIpc) is 3.00. The van der Waals surface area contributed by atoms with Crippen LogP contribution >= 0.6 is 0 Å². The highest BCUT2D eigenvalue weighted by Crippen LogP contribution is 2.30. The van der Waals surface area contributed by atoms with Gasteiger partial charge in [0.1, 0.15) is 19.0 Å². The Labute approximate surface area is 124 Å². The number of benzene rings is 1. The quantitative estimate of drug-likeness (QED) is 0.845. The van der Waals surface area contributed by atoms with Gasteiger partial charge in [-0.3, -0.25) is 4.90 Å². The smallest absolute Gasteiger partial charge is 0.161 e. The van der Waals surface area contributed by atoms with Crippen molar-refractivity contribution < 1.29 is 13.9 Å². The molecule has 1 aliphatic rings. The fourth-order valence-corrected chi connectivity index (χ4v) is 2.30. The summed E-state index contributed by atoms with van der Waals surface area (Å²) in [5.74, 6) is 2.56. The lowest BCUT2D eigenvalue weighted by atomic mass is 10.2. The van der Waals surface area contributed by atoms with Crippen LogP contribution in [0, 0.1) is 0 Å². The molecule has 2 heterocycles. The van der Waals surface area contributed by atoms with Crippen LogP contribution in [-0.4, -0.2) is 31.7 Å². The fourth-order valence-electron chi connectivity index (χ4n) is 2.30. The Morgan fingerprint density at radius 3 is 2.81 bits per heavy atom. The molecular formula is C17H19NO3. The van der Waals surface area contributed by atoms with Crippen LogP contribution in [0.3, 0.4) is 0 Å². The van der Waals surface area contributed by atoms with Crippen molar-refractivity contribution in [2.45, 2.75) is 6.54 Å². The molecule has 4 heteroatoms. The first-order valence-electron chi connectivity index (χ1n) is 7.08. The Morgan fingerprint density at radius 2 is 2.00 bits per heavy atom. The zero-order valence-corrected chi connectivity index (χ0v) is 12.1. The first kappa shape index (κ1) is 13.8. The largest absolute Gasteiger partial charge is 0.486 e. The maximum Gasteiger partial charge on any atom is 0.161 e. The predicted octanol–water partition coefficient (Wildman–Crippen LogP) is 3.20. The van der Waals surface area contributed by atoms with E-state index in [1.165, 1.54) is 5.56 Å². The fraction of sp³-hybridized carbons (Fsp3) is 0.294. The third-order valence-corrected chi connectivity index (χ3v) is 3.30. The molecule has 1 aromatic heterocycles. The standard InChI is InChI=1S/C17H19NO3/c1-18(8-2-4-15-5-3-9-19-15)13-14-6-7-16-17(12-14)21-11-10-20-16/h2-7,9,12H,8,10-11,13H2,1H3/b4-2+. The van der Waals surface area contributed by atoms with Crippen LogP contribution in [0.4, 0.5) is 0 Å². The van der Waals surface area contributed by atoms with E-state index in [-0.39, 0.29) is 0 Å². The second-order valence-corrected chi connectivity index (χ2v) is 5.09. The molecule has 0 amide bonds. The highest BCUT2D eigenvalue weighted by molar-refractivity contribution is 5.44. The number of likely N-dealkylation sites (N-methyl/N-ethyl adjacent to an activating group) is 1. The molecule has 0 unspecified atom stereocenters. The van der Waals surface area contributed by atoms with Crippen molar-refractivity contribution in [1.82, 2.24) is 4.90 Å². The highest BCUT2D eigenvalue weighted by Gasteiger charge is 2.12. The molecule has 4 nitrogen and oxygen atoms in total. The number of hydrogen-bond donors (Lipinski definition) is 0. The number of rotatable bonds is 5. The van der Waals surface area contributed by atoms with Crippen molar-refractivity contribution in [2.24, 2.45) is 0 Å². The van der Waals surface area contributed by atoms with E-state index < -0.39 is 0 Å². The lowest BCUT2D eigenvalue weighted by Gasteiger charge is -2.20. The second-order valence-electron chi connectivity index (χ2n) is 5.09. The van der Waals surface area contributed by atoms with E-state index in [9.17, 15) is 0 Å². The lowest BCUT2D eigenvalue weighted by Crippen LogP contribution is -2.19. The molecule has 0 aliphatic carbocycles. The molecule has 1 aromatic carbocycles. The summed E-state index contributed by atoms with van der Waals surface area (Å²) in [5, 5.41) is 0. The number of nitrogens with zero attached hydrogens (tertiary/aromatic N) is 1. The molecule has 0 fully saturated rings. The molecule has 0 atom stereocenters. The minimum absolute atomic E-state index is 0.623. The molecule has 1 aliphatic heterocycles. The zero-order chi connectivity index (χ0) is 14.5. The van der Waals surface area contributed by atoms with Gasteiger partial charge in [-0.25, -0.2) is 0 Å². The Morgan fingerprint density at radius 1 is 1.14 bits per heavy atom. The highest BCUT2D eigenvalue weighted by atomic mass is 16.6. The third kappa shape index (κ3) is 3.67. The van der Waals surface area contributed by atoms with E-state index in [0.717, 1.165) is 30.3 Å². The van der Waals surface area contributed by atoms with Crippen molar-refractivity contribution >= 4 is 6.08 Å². The van der Waals surface area contributed by atoms with Gasteiger partial charge in [0.25, 0.3) is 0 Å². The van der Waals surface area contributed by atoms with Gasteiger partial charge in [-0.15, -0.1) is 0 Å². The van der Waals surface area contributed by atoms with Gasteiger partial charge in [-0.05, 0) is 43.0 Å². The normalized spacial score (nSPS) is 14.0. The Hall–Kier alpha value is -2.20. The molecule has 0 saturated heterocycles. The maximum absolute atomic E-state index is 5.61. The summed E-state index contributed by atoms with van der Waals surface area (Å²) < 4.78 is 16.4. The SMILES string of the molecule is CN(C/C=C/c1ccco1)Cc1ccc2c(c1)OCCO2. The van der Waals surface area contributed by atoms with Crippen LogP contribution in [0.5, 0.6) is 11.5 Å². The topological polar surface area (TPSA) is 34.8 Å². The van der Waals surface area contributed by atoms with Gasteiger partial charge in [-0.1, -0.05) is 12.1 Å². The molecule has 2 aromatic rings. The van der Waals surface area contributed by atoms with Crippen LogP contribution in [0.25, 0.3) is 6.08 Å². The zero-order valence-electron chi connectivity index (χ0n) is 12.1. The van der Waals surface area contributed by atoms with Crippen molar-refractivity contribution in [1.29, 1.82) is 0 Å². The first-order chi connectivity index (χ1) is 10.3. The Kier molecular flexibility index (Phi) is 4.26. The van der Waals surface area contributed by atoms with Crippen molar-refractivity contribution in [3.8, 4) is 11.5 Å². The van der Waals surface area contributed by atoms with E-state index in [1.807, 2.05) is 24.3 Å². The summed E-state index contributed by atoms with van der Waals surface area (Å²) in [6.07, 6.45) is 5.76. The summed E-state index contributed by atoms with van der Waals surface area (Å²) in [6.45, 7) is 2.97. The summed E-state index contributed by atoms with van der Waals surface area (Å²) in [6, 6.07) is 9.95. The van der Waals surface area contributed by atoms with Crippen molar-refractivity contribution in [3.63, 3.8) is 0 Å². The average molecular weight is 285 g/mol. The predicted molar refractivity (Wildman–Crippen MR) is 81.5 cm³/mol. The van der Waals surface area contributed by atoms with Gasteiger partial charge in [-0.2, -0.15) is 0 Å². The van der Waals surface area contributed by atoms with Crippen LogP contribution in [0.15, 0.2) is 47.1 Å². The van der Waals surface area contributed by atoms with Gasteiger partial charge >= 0.3 is 0 Å². The number of fused-ring (bicyclic) bond motifs is 1. The first-order valence-corrected chi connectivity index (χ1v) is 7.08. The minimum atomic E-state index is 0.623. The summed E-state index contributed by atoms with van der Waals surface area (Å²) in [4.78, 5) is 2.23. The van der Waals surface area contributed by atoms with Gasteiger partial charge in [0.05, 0.1) is 6.26 Å². The van der Waals surface area contributed by atoms with Crippen LogP contribution < -0.4 is 9.47 Å². The maximum atomic E-state index is 5.61. The lowest BCUT2D eigenvalue weighted by molar-refractivity contribution is 0.171. The molecule has 0 saturated carbocycles. The van der Waals surface area contributed by atoms with Gasteiger partial charge < -0.3 is 13.9 Å². The summed E-state index contributed by atoms with van der Waals surface area (Å²) >= 11 is 0. The number of ether oxygens (including phenoxy) is 2. The van der Waals surface area contributed by atoms with Gasteiger partial charge in [0, 0.05) is 13.1 Å². The summed E-state index contributed by atoms with van der Waals surface area (Å²) in [7, 11) is 2.09. The second kappa shape index (κ2) is 6.50.